The highest BCUT2D eigenvalue weighted by Gasteiger charge is 2.41. The van der Waals surface area contributed by atoms with Crippen LogP contribution >= 0.6 is 11.8 Å². The summed E-state index contributed by atoms with van der Waals surface area (Å²) in [4.78, 5) is 3.86. The molecule has 1 saturated heterocycles. The van der Waals surface area contributed by atoms with Crippen molar-refractivity contribution in [3.8, 4) is 0 Å². The van der Waals surface area contributed by atoms with Crippen molar-refractivity contribution < 1.29 is 32.1 Å². The molecule has 2 atom stereocenters. The summed E-state index contributed by atoms with van der Waals surface area (Å²) in [5.41, 5.74) is -1.61. The van der Waals surface area contributed by atoms with Gasteiger partial charge in [-0.25, -0.2) is 27.2 Å². The van der Waals surface area contributed by atoms with E-state index < -0.39 is 40.4 Å². The van der Waals surface area contributed by atoms with Gasteiger partial charge in [-0.15, -0.1) is 11.8 Å². The summed E-state index contributed by atoms with van der Waals surface area (Å²) in [6.07, 6.45) is 4.94. The Bertz CT molecular complexity index is 1170. The number of nitrogens with zero attached hydrogens (tertiary/aromatic N) is 3. The summed E-state index contributed by atoms with van der Waals surface area (Å²) >= 11 is 1.33. The highest BCUT2D eigenvalue weighted by atomic mass is 32.2. The standard InChI is InChI=1S/C24H23F4N3O3S/c1-15(24(32,12-31-14-29-13-30-31)20-6-5-18(26)9-22(20)28)35-19-10-33-23(34-11-19)7-3-16-2-4-17(25)8-21(16)27/h2-9,13-15,19,23,32H,10-12H2,1H3/b7-3+/t15-,19?,23?,24-/m1/s1. The molecule has 0 spiro atoms. The zero-order valence-electron chi connectivity index (χ0n) is 18.7. The van der Waals surface area contributed by atoms with Gasteiger partial charge in [-0.3, -0.25) is 0 Å². The average Bonchev–Trinajstić information content (AvgIpc) is 3.32. The number of hydrogen-bond acceptors (Lipinski definition) is 6. The van der Waals surface area contributed by atoms with E-state index in [-0.39, 0.29) is 36.1 Å². The molecule has 1 fully saturated rings. The predicted octanol–water partition coefficient (Wildman–Crippen LogP) is 4.30. The van der Waals surface area contributed by atoms with Crippen LogP contribution in [0.2, 0.25) is 0 Å². The van der Waals surface area contributed by atoms with E-state index in [1.54, 1.807) is 6.92 Å². The van der Waals surface area contributed by atoms with Gasteiger partial charge in [0.05, 0.1) is 25.0 Å². The summed E-state index contributed by atoms with van der Waals surface area (Å²) in [6, 6.07) is 6.31. The normalized spacial score (nSPS) is 21.2. The quantitative estimate of drug-likeness (QED) is 0.457. The van der Waals surface area contributed by atoms with Gasteiger partial charge in [0.1, 0.15) is 41.5 Å². The smallest absolute Gasteiger partial charge is 0.177 e. The lowest BCUT2D eigenvalue weighted by Gasteiger charge is -2.37. The van der Waals surface area contributed by atoms with Crippen LogP contribution in [0, 0.1) is 23.3 Å². The molecule has 6 nitrogen and oxygen atoms in total. The Labute approximate surface area is 203 Å². The van der Waals surface area contributed by atoms with Crippen molar-refractivity contribution in [1.29, 1.82) is 0 Å². The van der Waals surface area contributed by atoms with Crippen molar-refractivity contribution in [3.05, 3.63) is 89.5 Å². The molecule has 35 heavy (non-hydrogen) atoms. The molecule has 186 valence electrons. The number of aliphatic hydroxyl groups is 1. The minimum absolute atomic E-state index is 0.0609. The molecule has 3 aromatic rings. The Hall–Kier alpha value is -2.73. The van der Waals surface area contributed by atoms with Gasteiger partial charge in [0, 0.05) is 28.5 Å². The first-order valence-corrected chi connectivity index (χ1v) is 11.7. The fourth-order valence-electron chi connectivity index (χ4n) is 3.75. The van der Waals surface area contributed by atoms with Crippen LogP contribution in [0.15, 0.2) is 55.1 Å². The van der Waals surface area contributed by atoms with Crippen molar-refractivity contribution in [2.45, 2.75) is 35.9 Å². The van der Waals surface area contributed by atoms with Crippen LogP contribution in [-0.2, 0) is 21.6 Å². The molecule has 2 aromatic carbocycles. The first-order chi connectivity index (χ1) is 16.7. The number of aromatic nitrogens is 3. The molecule has 0 aliphatic carbocycles. The highest BCUT2D eigenvalue weighted by molar-refractivity contribution is 8.00. The van der Waals surface area contributed by atoms with Crippen molar-refractivity contribution in [2.24, 2.45) is 0 Å². The van der Waals surface area contributed by atoms with Crippen molar-refractivity contribution in [3.63, 3.8) is 0 Å². The number of halogens is 4. The van der Waals surface area contributed by atoms with E-state index in [4.69, 9.17) is 9.47 Å². The van der Waals surface area contributed by atoms with Crippen LogP contribution in [0.5, 0.6) is 0 Å². The van der Waals surface area contributed by atoms with Crippen LogP contribution in [0.4, 0.5) is 17.6 Å². The van der Waals surface area contributed by atoms with Crippen LogP contribution in [0.25, 0.3) is 6.08 Å². The molecule has 1 N–H and O–H groups in total. The first-order valence-electron chi connectivity index (χ1n) is 10.8. The van der Waals surface area contributed by atoms with Gasteiger partial charge < -0.3 is 14.6 Å². The second kappa shape index (κ2) is 10.9. The molecule has 1 aliphatic heterocycles. The third-order valence-corrected chi connectivity index (χ3v) is 7.08. The van der Waals surface area contributed by atoms with E-state index in [1.807, 2.05) is 0 Å². The van der Waals surface area contributed by atoms with Crippen molar-refractivity contribution >= 4 is 17.8 Å². The summed E-state index contributed by atoms with van der Waals surface area (Å²) < 4.78 is 67.8. The lowest BCUT2D eigenvalue weighted by Crippen LogP contribution is -2.43. The second-order valence-corrected chi connectivity index (χ2v) is 9.75. The van der Waals surface area contributed by atoms with E-state index in [0.29, 0.717) is 0 Å². The molecule has 1 aliphatic rings. The summed E-state index contributed by atoms with van der Waals surface area (Å²) in [6.45, 7) is 2.13. The van der Waals surface area contributed by atoms with E-state index in [9.17, 15) is 22.7 Å². The Kier molecular flexibility index (Phi) is 7.90. The summed E-state index contributed by atoms with van der Waals surface area (Å²) in [7, 11) is 0. The monoisotopic (exact) mass is 509 g/mol. The van der Waals surface area contributed by atoms with Crippen molar-refractivity contribution in [1.82, 2.24) is 14.8 Å². The second-order valence-electron chi connectivity index (χ2n) is 8.10. The molecular formula is C24H23F4N3O3S. The maximum atomic E-state index is 14.7. The Morgan fingerprint density at radius 3 is 2.43 bits per heavy atom. The number of benzene rings is 2. The fourth-order valence-corrected chi connectivity index (χ4v) is 5.06. The Morgan fingerprint density at radius 2 is 1.80 bits per heavy atom. The topological polar surface area (TPSA) is 69.4 Å². The molecule has 0 bridgehead atoms. The third kappa shape index (κ3) is 6.10. The van der Waals surface area contributed by atoms with Gasteiger partial charge in [0.2, 0.25) is 0 Å². The number of ether oxygens (including phenoxy) is 2. The molecule has 0 saturated carbocycles. The summed E-state index contributed by atoms with van der Waals surface area (Å²) in [5.74, 6) is -2.97. The number of hydrogen-bond donors (Lipinski definition) is 1. The van der Waals surface area contributed by atoms with Gasteiger partial charge in [-0.1, -0.05) is 19.1 Å². The largest absolute Gasteiger partial charge is 0.382 e. The average molecular weight is 510 g/mol. The molecule has 11 heteroatoms. The Morgan fingerprint density at radius 1 is 1.11 bits per heavy atom. The fraction of sp³-hybridized carbons (Fsp3) is 0.333. The number of rotatable bonds is 8. The molecule has 2 heterocycles. The van der Waals surface area contributed by atoms with Gasteiger partial charge in [-0.2, -0.15) is 5.10 Å². The minimum Gasteiger partial charge on any atom is -0.382 e. The molecule has 0 unspecified atom stereocenters. The SMILES string of the molecule is C[C@@H](SC1COC(/C=C/c2ccc(F)cc2F)OC1)[C@](O)(Cn1cncn1)c1ccc(F)cc1F. The Balaban J connectivity index is 1.42. The summed E-state index contributed by atoms with van der Waals surface area (Å²) in [5, 5.41) is 14.8. The third-order valence-electron chi connectivity index (χ3n) is 5.62. The van der Waals surface area contributed by atoms with Crippen LogP contribution < -0.4 is 0 Å². The zero-order chi connectivity index (χ0) is 25.0. The lowest BCUT2D eigenvalue weighted by atomic mass is 9.90. The highest BCUT2D eigenvalue weighted by Crippen LogP contribution is 2.38. The van der Waals surface area contributed by atoms with Gasteiger partial charge in [0.15, 0.2) is 6.29 Å². The van der Waals surface area contributed by atoms with Crippen LogP contribution in [0.1, 0.15) is 18.1 Å². The molecule has 0 radical (unpaired) electrons. The van der Waals surface area contributed by atoms with E-state index in [0.717, 1.165) is 24.3 Å². The predicted molar refractivity (Wildman–Crippen MR) is 122 cm³/mol. The van der Waals surface area contributed by atoms with Crippen LogP contribution in [-0.4, -0.2) is 49.9 Å². The lowest BCUT2D eigenvalue weighted by molar-refractivity contribution is -0.146. The van der Waals surface area contributed by atoms with E-state index in [1.165, 1.54) is 53.4 Å². The van der Waals surface area contributed by atoms with Gasteiger partial charge in [0.25, 0.3) is 0 Å². The maximum Gasteiger partial charge on any atom is 0.177 e. The molecule has 1 aromatic heterocycles. The van der Waals surface area contributed by atoms with Gasteiger partial charge in [-0.05, 0) is 24.3 Å². The van der Waals surface area contributed by atoms with Gasteiger partial charge >= 0.3 is 0 Å². The molecule has 4 rings (SSSR count). The molecular weight excluding hydrogens is 486 g/mol. The van der Waals surface area contributed by atoms with Crippen molar-refractivity contribution in [2.75, 3.05) is 13.2 Å². The number of thioether (sulfide) groups is 1. The van der Waals surface area contributed by atoms with Crippen LogP contribution in [0.3, 0.4) is 0 Å². The maximum absolute atomic E-state index is 14.7. The molecule has 0 amide bonds. The first kappa shape index (κ1) is 25.4. The minimum atomic E-state index is -1.74. The van der Waals surface area contributed by atoms with E-state index >= 15 is 0 Å². The van der Waals surface area contributed by atoms with E-state index in [2.05, 4.69) is 10.1 Å². The zero-order valence-corrected chi connectivity index (χ0v) is 19.5.